The van der Waals surface area contributed by atoms with Gasteiger partial charge in [0.2, 0.25) is 0 Å². The van der Waals surface area contributed by atoms with Crippen molar-refractivity contribution >= 4 is 51.5 Å². The lowest BCUT2D eigenvalue weighted by atomic mass is 10.0. The molecular weight excluding hydrogens is 517 g/mol. The number of nitrogens with one attached hydrogen (secondary N) is 1. The number of hydrogen-bond acceptors (Lipinski definition) is 6. The number of aromatic nitrogens is 2. The maximum atomic E-state index is 13.5. The molecule has 3 aromatic rings. The third-order valence-corrected chi connectivity index (χ3v) is 7.35. The predicted molar refractivity (Wildman–Crippen MR) is 130 cm³/mol. The number of imide groups is 1. The average molecular weight is 537 g/mol. The molecule has 7 nitrogen and oxygen atoms in total. The van der Waals surface area contributed by atoms with E-state index >= 15 is 0 Å². The zero-order valence-electron chi connectivity index (χ0n) is 18.6. The first-order chi connectivity index (χ1) is 17.1. The quantitative estimate of drug-likeness (QED) is 0.477. The van der Waals surface area contributed by atoms with Crippen molar-refractivity contribution in [3.63, 3.8) is 0 Å². The van der Waals surface area contributed by atoms with Crippen molar-refractivity contribution in [2.75, 3.05) is 13.1 Å². The molecule has 3 heterocycles. The number of carbonyl (C=O) groups is 2. The number of aliphatic hydroxyl groups excluding tert-OH is 1. The summed E-state index contributed by atoms with van der Waals surface area (Å²) in [5.41, 5.74) is 0.468. The largest absolute Gasteiger partial charge is 0.416 e. The fraction of sp³-hybridized carbons (Fsp3) is 0.292. The number of hydrogen-bond donors (Lipinski definition) is 2. The summed E-state index contributed by atoms with van der Waals surface area (Å²) < 4.78 is 41.9. The molecule has 5 rings (SSSR count). The van der Waals surface area contributed by atoms with E-state index in [2.05, 4.69) is 10.4 Å². The van der Waals surface area contributed by atoms with Gasteiger partial charge < -0.3 is 10.4 Å². The average Bonchev–Trinajstić information content (AvgIpc) is 3.34. The highest BCUT2D eigenvalue weighted by Gasteiger charge is 2.43. The molecule has 0 bridgehead atoms. The summed E-state index contributed by atoms with van der Waals surface area (Å²) in [6, 6.07) is 8.18. The van der Waals surface area contributed by atoms with Crippen molar-refractivity contribution < 1.29 is 27.9 Å². The molecule has 12 heteroatoms. The van der Waals surface area contributed by atoms with Crippen molar-refractivity contribution in [1.82, 2.24) is 20.0 Å². The SMILES string of the molecule is O=C1SC(=Cc2ccc3c(cnn3Cc3ccc(Cl)cc3C(F)(F)F)c2)C(=O)N1[C@@H]1CNCC[C@H]1O. The Morgan fingerprint density at radius 2 is 2.03 bits per heavy atom. The van der Waals surface area contributed by atoms with Gasteiger partial charge in [-0.15, -0.1) is 0 Å². The molecule has 2 atom stereocenters. The maximum absolute atomic E-state index is 13.5. The number of carbonyl (C=O) groups excluding carboxylic acids is 2. The van der Waals surface area contributed by atoms with E-state index in [-0.39, 0.29) is 22.0 Å². The third-order valence-electron chi connectivity index (χ3n) is 6.23. The minimum atomic E-state index is -4.55. The molecular formula is C24H20ClF3N4O3S. The van der Waals surface area contributed by atoms with Crippen molar-refractivity contribution in [1.29, 1.82) is 0 Å². The van der Waals surface area contributed by atoms with Crippen LogP contribution in [0, 0.1) is 0 Å². The molecule has 1 aromatic heterocycles. The van der Waals surface area contributed by atoms with Gasteiger partial charge >= 0.3 is 6.18 Å². The fourth-order valence-corrected chi connectivity index (χ4v) is 5.50. The van der Waals surface area contributed by atoms with Crippen molar-refractivity contribution in [2.24, 2.45) is 0 Å². The summed E-state index contributed by atoms with van der Waals surface area (Å²) >= 11 is 6.58. The summed E-state index contributed by atoms with van der Waals surface area (Å²) in [4.78, 5) is 26.8. The first kappa shape index (κ1) is 24.8. The minimum Gasteiger partial charge on any atom is -0.391 e. The Kier molecular flexibility index (Phi) is 6.58. The van der Waals surface area contributed by atoms with Gasteiger partial charge in [0.05, 0.1) is 40.9 Å². The predicted octanol–water partition coefficient (Wildman–Crippen LogP) is 4.52. The molecule has 188 valence electrons. The highest BCUT2D eigenvalue weighted by molar-refractivity contribution is 8.18. The number of thioether (sulfide) groups is 1. The first-order valence-corrected chi connectivity index (χ1v) is 12.3. The van der Waals surface area contributed by atoms with Gasteiger partial charge in [-0.25, -0.2) is 0 Å². The molecule has 0 radical (unpaired) electrons. The molecule has 2 aliphatic rings. The van der Waals surface area contributed by atoms with E-state index in [0.29, 0.717) is 36.0 Å². The highest BCUT2D eigenvalue weighted by atomic mass is 35.5. The van der Waals surface area contributed by atoms with Gasteiger partial charge in [0.1, 0.15) is 0 Å². The van der Waals surface area contributed by atoms with Crippen molar-refractivity contribution in [2.45, 2.75) is 31.3 Å². The highest BCUT2D eigenvalue weighted by Crippen LogP contribution is 2.36. The number of benzene rings is 2. The number of halogens is 4. The Morgan fingerprint density at radius 3 is 2.78 bits per heavy atom. The monoisotopic (exact) mass is 536 g/mol. The van der Waals surface area contributed by atoms with Crippen LogP contribution in [0.25, 0.3) is 17.0 Å². The van der Waals surface area contributed by atoms with Crippen LogP contribution in [0.5, 0.6) is 0 Å². The second kappa shape index (κ2) is 9.55. The van der Waals surface area contributed by atoms with Crippen LogP contribution in [0.1, 0.15) is 23.1 Å². The van der Waals surface area contributed by atoms with Crippen LogP contribution in [-0.4, -0.2) is 56.2 Å². The first-order valence-electron chi connectivity index (χ1n) is 11.1. The lowest BCUT2D eigenvalue weighted by Crippen LogP contribution is -2.55. The molecule has 2 fully saturated rings. The Hall–Kier alpha value is -2.86. The van der Waals surface area contributed by atoms with E-state index in [4.69, 9.17) is 11.6 Å². The van der Waals surface area contributed by atoms with Gasteiger partial charge in [0, 0.05) is 17.0 Å². The summed E-state index contributed by atoms with van der Waals surface area (Å²) in [5, 5.41) is 17.8. The van der Waals surface area contributed by atoms with E-state index in [1.807, 2.05) is 0 Å². The van der Waals surface area contributed by atoms with E-state index in [1.54, 1.807) is 24.3 Å². The standard InChI is InChI=1S/C24H20ClF3N4O3S/c25-16-3-2-14(17(9-16)24(26,27)28)12-31-18-4-1-13(7-15(18)10-30-31)8-21-22(34)32(23(35)36-21)19-11-29-6-5-20(19)33/h1-4,7-10,19-20,29,33H,5-6,11-12H2/t19-,20-/m1/s1. The molecule has 36 heavy (non-hydrogen) atoms. The van der Waals surface area contributed by atoms with Crippen molar-refractivity contribution in [3.8, 4) is 0 Å². The van der Waals surface area contributed by atoms with Crippen LogP contribution in [-0.2, 0) is 17.5 Å². The Morgan fingerprint density at radius 1 is 1.22 bits per heavy atom. The van der Waals surface area contributed by atoms with Crippen LogP contribution in [0.4, 0.5) is 18.0 Å². The van der Waals surface area contributed by atoms with Crippen LogP contribution in [0.15, 0.2) is 47.5 Å². The smallest absolute Gasteiger partial charge is 0.391 e. The van der Waals surface area contributed by atoms with Crippen molar-refractivity contribution in [3.05, 3.63) is 69.2 Å². The zero-order chi connectivity index (χ0) is 25.6. The fourth-order valence-electron chi connectivity index (χ4n) is 4.44. The molecule has 2 amide bonds. The summed E-state index contributed by atoms with van der Waals surface area (Å²) in [6.45, 7) is 0.847. The van der Waals surface area contributed by atoms with Gasteiger partial charge in [0.25, 0.3) is 11.1 Å². The van der Waals surface area contributed by atoms with E-state index in [1.165, 1.54) is 23.0 Å². The van der Waals surface area contributed by atoms with E-state index in [0.717, 1.165) is 22.7 Å². The summed E-state index contributed by atoms with van der Waals surface area (Å²) in [7, 11) is 0. The van der Waals surface area contributed by atoms with Gasteiger partial charge in [-0.3, -0.25) is 19.2 Å². The number of rotatable bonds is 4. The van der Waals surface area contributed by atoms with Crippen LogP contribution in [0.3, 0.4) is 0 Å². The molecule has 0 saturated carbocycles. The van der Waals surface area contributed by atoms with Gasteiger partial charge in [-0.2, -0.15) is 18.3 Å². The lowest BCUT2D eigenvalue weighted by molar-refractivity contribution is -0.138. The Bertz CT molecular complexity index is 1390. The third kappa shape index (κ3) is 4.75. The lowest BCUT2D eigenvalue weighted by Gasteiger charge is -2.33. The molecule has 0 unspecified atom stereocenters. The molecule has 2 aliphatic heterocycles. The number of nitrogens with zero attached hydrogens (tertiary/aromatic N) is 3. The molecule has 2 saturated heterocycles. The van der Waals surface area contributed by atoms with Gasteiger partial charge in [-0.1, -0.05) is 23.7 Å². The second-order valence-corrected chi connectivity index (χ2v) is 10.0. The number of fused-ring (bicyclic) bond motifs is 1. The second-order valence-electron chi connectivity index (χ2n) is 8.60. The zero-order valence-corrected chi connectivity index (χ0v) is 20.2. The normalized spacial score (nSPS) is 22.2. The van der Waals surface area contributed by atoms with E-state index in [9.17, 15) is 27.9 Å². The summed E-state index contributed by atoms with van der Waals surface area (Å²) in [6.07, 6.45) is -1.76. The van der Waals surface area contributed by atoms with Crippen LogP contribution in [0.2, 0.25) is 5.02 Å². The van der Waals surface area contributed by atoms with Gasteiger partial charge in [0.15, 0.2) is 0 Å². The topological polar surface area (TPSA) is 87.5 Å². The van der Waals surface area contributed by atoms with Crippen LogP contribution >= 0.6 is 23.4 Å². The van der Waals surface area contributed by atoms with Gasteiger partial charge in [-0.05, 0) is 66.2 Å². The summed E-state index contributed by atoms with van der Waals surface area (Å²) in [5.74, 6) is -0.462. The minimum absolute atomic E-state index is 0.000265. The molecule has 0 aliphatic carbocycles. The number of aliphatic hydroxyl groups is 1. The van der Waals surface area contributed by atoms with Crippen LogP contribution < -0.4 is 5.32 Å². The molecule has 2 N–H and O–H groups in total. The molecule has 2 aromatic carbocycles. The number of amides is 2. The maximum Gasteiger partial charge on any atom is 0.416 e. The Labute approximate surface area is 212 Å². The number of alkyl halides is 3. The Balaban J connectivity index is 1.40. The number of piperidine rings is 1. The molecule has 0 spiro atoms. The van der Waals surface area contributed by atoms with E-state index < -0.39 is 35.0 Å².